The van der Waals surface area contributed by atoms with Crippen LogP contribution in [-0.4, -0.2) is 16.1 Å². The number of nitrogens with one attached hydrogen (secondary N) is 1. The molecule has 1 aromatic carbocycles. The minimum absolute atomic E-state index is 0.0322. The molecule has 0 atom stereocenters. The lowest BCUT2D eigenvalue weighted by molar-refractivity contribution is 0.102. The number of benzene rings is 1. The van der Waals surface area contributed by atoms with E-state index in [9.17, 15) is 13.6 Å². The van der Waals surface area contributed by atoms with Crippen molar-refractivity contribution in [1.82, 2.24) is 10.2 Å². The van der Waals surface area contributed by atoms with Gasteiger partial charge in [-0.05, 0) is 34.1 Å². The topological polar surface area (TPSA) is 80.9 Å². The summed E-state index contributed by atoms with van der Waals surface area (Å²) in [5, 5.41) is 9.21. The molecule has 3 N–H and O–H groups in total. The van der Waals surface area contributed by atoms with E-state index in [2.05, 4.69) is 31.4 Å². The van der Waals surface area contributed by atoms with Crippen LogP contribution in [0.2, 0.25) is 0 Å². The van der Waals surface area contributed by atoms with Gasteiger partial charge in [-0.25, -0.2) is 8.78 Å². The highest BCUT2D eigenvalue weighted by Crippen LogP contribution is 2.23. The Bertz CT molecular complexity index is 633. The Balaban J connectivity index is 2.24. The standard InChI is InChI=1S/C11H7BrF2N4O/c12-5-3-7(14)9(4-6(5)13)16-11(19)8-1-2-10(15)18-17-8/h1-4H,(H2,15,18)(H,16,19). The molecule has 0 aliphatic heterocycles. The van der Waals surface area contributed by atoms with Crippen molar-refractivity contribution in [1.29, 1.82) is 0 Å². The second-order valence-electron chi connectivity index (χ2n) is 3.54. The molecule has 0 radical (unpaired) electrons. The van der Waals surface area contributed by atoms with Crippen molar-refractivity contribution in [3.63, 3.8) is 0 Å². The summed E-state index contributed by atoms with van der Waals surface area (Å²) >= 11 is 2.84. The van der Waals surface area contributed by atoms with Crippen molar-refractivity contribution in [3.8, 4) is 0 Å². The Morgan fingerprint density at radius 1 is 1.21 bits per heavy atom. The van der Waals surface area contributed by atoms with Crippen molar-refractivity contribution in [2.24, 2.45) is 0 Å². The normalized spacial score (nSPS) is 10.3. The van der Waals surface area contributed by atoms with Gasteiger partial charge in [-0.3, -0.25) is 4.79 Å². The van der Waals surface area contributed by atoms with Gasteiger partial charge in [0, 0.05) is 6.07 Å². The molecule has 98 valence electrons. The monoisotopic (exact) mass is 328 g/mol. The van der Waals surface area contributed by atoms with Crippen molar-refractivity contribution in [2.45, 2.75) is 0 Å². The Labute approximate surface area is 115 Å². The molecule has 0 spiro atoms. The molecule has 0 fully saturated rings. The number of amides is 1. The summed E-state index contributed by atoms with van der Waals surface area (Å²) in [5.41, 5.74) is 4.97. The highest BCUT2D eigenvalue weighted by atomic mass is 79.9. The van der Waals surface area contributed by atoms with E-state index < -0.39 is 17.5 Å². The van der Waals surface area contributed by atoms with Crippen LogP contribution in [-0.2, 0) is 0 Å². The van der Waals surface area contributed by atoms with Crippen LogP contribution in [0.3, 0.4) is 0 Å². The summed E-state index contributed by atoms with van der Waals surface area (Å²) in [6.45, 7) is 0. The molecule has 1 aromatic heterocycles. The van der Waals surface area contributed by atoms with Crippen LogP contribution in [0.25, 0.3) is 0 Å². The smallest absolute Gasteiger partial charge is 0.276 e. The molecule has 0 aliphatic rings. The van der Waals surface area contributed by atoms with Crippen LogP contribution in [0.1, 0.15) is 10.5 Å². The van der Waals surface area contributed by atoms with Crippen LogP contribution in [0, 0.1) is 11.6 Å². The lowest BCUT2D eigenvalue weighted by Crippen LogP contribution is -2.15. The van der Waals surface area contributed by atoms with E-state index in [1.165, 1.54) is 12.1 Å². The number of rotatable bonds is 2. The number of aromatic nitrogens is 2. The summed E-state index contributed by atoms with van der Waals surface area (Å²) in [7, 11) is 0. The highest BCUT2D eigenvalue weighted by molar-refractivity contribution is 9.10. The minimum Gasteiger partial charge on any atom is -0.382 e. The van der Waals surface area contributed by atoms with E-state index in [0.717, 1.165) is 12.1 Å². The second kappa shape index (κ2) is 5.27. The quantitative estimate of drug-likeness (QED) is 0.829. The Hall–Kier alpha value is -2.09. The predicted molar refractivity (Wildman–Crippen MR) is 68.5 cm³/mol. The fourth-order valence-electron chi connectivity index (χ4n) is 1.27. The zero-order valence-corrected chi connectivity index (χ0v) is 10.9. The largest absolute Gasteiger partial charge is 0.382 e. The zero-order chi connectivity index (χ0) is 14.0. The van der Waals surface area contributed by atoms with Crippen LogP contribution in [0.5, 0.6) is 0 Å². The summed E-state index contributed by atoms with van der Waals surface area (Å²) < 4.78 is 26.7. The van der Waals surface area contributed by atoms with Gasteiger partial charge in [0.2, 0.25) is 0 Å². The Morgan fingerprint density at radius 2 is 1.95 bits per heavy atom. The number of nitrogen functional groups attached to an aromatic ring is 1. The average Bonchev–Trinajstić information content (AvgIpc) is 2.36. The molecule has 0 aliphatic carbocycles. The molecule has 1 heterocycles. The van der Waals surface area contributed by atoms with Gasteiger partial charge in [-0.2, -0.15) is 0 Å². The highest BCUT2D eigenvalue weighted by Gasteiger charge is 2.13. The first kappa shape index (κ1) is 13.3. The molecule has 8 heteroatoms. The molecular formula is C11H7BrF2N4O. The van der Waals surface area contributed by atoms with Gasteiger partial charge in [-0.1, -0.05) is 0 Å². The molecule has 1 amide bonds. The van der Waals surface area contributed by atoms with Crippen LogP contribution >= 0.6 is 15.9 Å². The summed E-state index contributed by atoms with van der Waals surface area (Å²) in [5.74, 6) is -2.03. The van der Waals surface area contributed by atoms with Gasteiger partial charge in [-0.15, -0.1) is 10.2 Å². The van der Waals surface area contributed by atoms with E-state index in [1.807, 2.05) is 0 Å². The van der Waals surface area contributed by atoms with Crippen molar-refractivity contribution in [2.75, 3.05) is 11.1 Å². The van der Waals surface area contributed by atoms with E-state index >= 15 is 0 Å². The third-order valence-corrected chi connectivity index (χ3v) is 2.78. The summed E-state index contributed by atoms with van der Waals surface area (Å²) in [6, 6.07) is 4.48. The number of anilines is 2. The number of hydrogen-bond acceptors (Lipinski definition) is 4. The first-order valence-electron chi connectivity index (χ1n) is 5.02. The van der Waals surface area contributed by atoms with Gasteiger partial charge < -0.3 is 11.1 Å². The fraction of sp³-hybridized carbons (Fsp3) is 0. The molecule has 0 saturated heterocycles. The Morgan fingerprint density at radius 3 is 2.58 bits per heavy atom. The maximum atomic E-state index is 13.5. The van der Waals surface area contributed by atoms with E-state index in [4.69, 9.17) is 5.73 Å². The van der Waals surface area contributed by atoms with Crippen LogP contribution in [0.15, 0.2) is 28.7 Å². The van der Waals surface area contributed by atoms with Gasteiger partial charge in [0.25, 0.3) is 5.91 Å². The zero-order valence-electron chi connectivity index (χ0n) is 9.32. The average molecular weight is 329 g/mol. The first-order valence-corrected chi connectivity index (χ1v) is 5.82. The molecule has 2 rings (SSSR count). The lowest BCUT2D eigenvalue weighted by atomic mass is 10.2. The van der Waals surface area contributed by atoms with Crippen molar-refractivity contribution >= 4 is 33.3 Å². The number of hydrogen-bond donors (Lipinski definition) is 2. The fourth-order valence-corrected chi connectivity index (χ4v) is 1.58. The lowest BCUT2D eigenvalue weighted by Gasteiger charge is -2.06. The third-order valence-electron chi connectivity index (χ3n) is 2.18. The maximum Gasteiger partial charge on any atom is 0.276 e. The molecular weight excluding hydrogens is 322 g/mol. The number of carbonyl (C=O) groups is 1. The van der Waals surface area contributed by atoms with Gasteiger partial charge in [0.1, 0.15) is 17.5 Å². The summed E-state index contributed by atoms with van der Waals surface area (Å²) in [6.07, 6.45) is 0. The molecule has 19 heavy (non-hydrogen) atoms. The van der Waals surface area contributed by atoms with Gasteiger partial charge in [0.05, 0.1) is 10.2 Å². The molecule has 0 saturated carbocycles. The SMILES string of the molecule is Nc1ccc(C(=O)Nc2cc(F)c(Br)cc2F)nn1. The molecule has 5 nitrogen and oxygen atoms in total. The van der Waals surface area contributed by atoms with E-state index in [0.29, 0.717) is 0 Å². The maximum absolute atomic E-state index is 13.5. The summed E-state index contributed by atoms with van der Waals surface area (Å²) in [4.78, 5) is 11.7. The van der Waals surface area contributed by atoms with Crippen LogP contribution < -0.4 is 11.1 Å². The van der Waals surface area contributed by atoms with E-state index in [1.54, 1.807) is 0 Å². The number of nitrogens with two attached hydrogens (primary N) is 1. The van der Waals surface area contributed by atoms with Gasteiger partial charge >= 0.3 is 0 Å². The first-order chi connectivity index (χ1) is 8.97. The Kier molecular flexibility index (Phi) is 3.70. The second-order valence-corrected chi connectivity index (χ2v) is 4.40. The van der Waals surface area contributed by atoms with Crippen molar-refractivity contribution in [3.05, 3.63) is 46.1 Å². The predicted octanol–water partition coefficient (Wildman–Crippen LogP) is 2.35. The molecule has 0 unspecified atom stereocenters. The van der Waals surface area contributed by atoms with Gasteiger partial charge in [0.15, 0.2) is 5.69 Å². The number of nitrogens with zero attached hydrogens (tertiary/aromatic N) is 2. The van der Waals surface area contributed by atoms with Crippen LogP contribution in [0.4, 0.5) is 20.3 Å². The number of carbonyl (C=O) groups excluding carboxylic acids is 1. The number of halogens is 3. The molecule has 0 bridgehead atoms. The minimum atomic E-state index is -0.773. The van der Waals surface area contributed by atoms with E-state index in [-0.39, 0.29) is 21.7 Å². The molecule has 2 aromatic rings. The third kappa shape index (κ3) is 3.02. The van der Waals surface area contributed by atoms with Crippen molar-refractivity contribution < 1.29 is 13.6 Å².